The van der Waals surface area contributed by atoms with Crippen LogP contribution in [0.15, 0.2) is 60.2 Å². The molecule has 2 aliphatic heterocycles. The molecule has 6 atom stereocenters. The van der Waals surface area contributed by atoms with E-state index in [0.29, 0.717) is 5.56 Å². The van der Waals surface area contributed by atoms with Gasteiger partial charge in [-0.15, -0.1) is 23.2 Å². The second kappa shape index (κ2) is 10.9. The van der Waals surface area contributed by atoms with Gasteiger partial charge in [-0.3, -0.25) is 28.9 Å². The van der Waals surface area contributed by atoms with Crippen LogP contribution < -0.4 is 9.80 Å². The van der Waals surface area contributed by atoms with Crippen LogP contribution in [0.4, 0.5) is 33.3 Å². The zero-order chi connectivity index (χ0) is 35.5. The minimum atomic E-state index is -2.66. The van der Waals surface area contributed by atoms with Gasteiger partial charge in [0.1, 0.15) is 11.4 Å². The molecule has 7 rings (SSSR count). The second-order valence-electron chi connectivity index (χ2n) is 12.4. The first-order chi connectivity index (χ1) is 23.1. The molecule has 3 aromatic rings. The molecule has 49 heavy (non-hydrogen) atoms. The van der Waals surface area contributed by atoms with Crippen LogP contribution in [-0.4, -0.2) is 44.3 Å². The third kappa shape index (κ3) is 4.24. The number of phenolic OH excluding ortho intramolecular Hbond substituents is 1. The van der Waals surface area contributed by atoms with Crippen molar-refractivity contribution in [1.29, 1.82) is 0 Å². The number of anilines is 2. The van der Waals surface area contributed by atoms with Gasteiger partial charge < -0.3 is 5.11 Å². The second-order valence-corrected chi connectivity index (χ2v) is 13.6. The van der Waals surface area contributed by atoms with Gasteiger partial charge in [0.15, 0.2) is 38.8 Å². The monoisotopic (exact) mass is 718 g/mol. The molecule has 15 heteroatoms. The number of allylic oxidation sites excluding steroid dienone is 2. The number of phenols is 1. The average molecular weight is 719 g/mol. The van der Waals surface area contributed by atoms with E-state index in [1.54, 1.807) is 6.08 Å². The summed E-state index contributed by atoms with van der Waals surface area (Å²) >= 11 is 14.1. The standard InChI is InChI=1S/C34H21Cl2F5N2O6/c1-13(44)14-2-6-16(7-3-14)42-29(46)19-11-10-18-20(21(19)30(42)47)12-33(35)31(48)43(28-26(40)24(38)23(37)25(39)27(28)41)32(49)34(33,36)22(18)15-4-8-17(45)9-5-15/h2-10,19-22,45H,11-12H2,1H3. The minimum absolute atomic E-state index is 0.0383. The summed E-state index contributed by atoms with van der Waals surface area (Å²) in [5, 5.41) is 9.99. The molecule has 1 saturated carbocycles. The van der Waals surface area contributed by atoms with Crippen LogP contribution in [0.1, 0.15) is 41.6 Å². The van der Waals surface area contributed by atoms with E-state index in [9.17, 15) is 42.3 Å². The number of alkyl halides is 2. The quantitative estimate of drug-likeness (QED) is 0.0668. The topological polar surface area (TPSA) is 112 Å². The van der Waals surface area contributed by atoms with Gasteiger partial charge in [-0.2, -0.15) is 0 Å². The van der Waals surface area contributed by atoms with Crippen LogP contribution in [0.2, 0.25) is 0 Å². The highest BCUT2D eigenvalue weighted by Crippen LogP contribution is 2.66. The third-order valence-corrected chi connectivity index (χ3v) is 11.4. The Hall–Kier alpha value is -4.62. The van der Waals surface area contributed by atoms with Crippen LogP contribution in [0.5, 0.6) is 5.75 Å². The highest BCUT2D eigenvalue weighted by atomic mass is 35.5. The van der Waals surface area contributed by atoms with Crippen LogP contribution in [0, 0.1) is 46.8 Å². The first kappa shape index (κ1) is 32.9. The number of hydrogen-bond acceptors (Lipinski definition) is 6. The molecule has 3 fully saturated rings. The lowest BCUT2D eigenvalue weighted by molar-refractivity contribution is -0.125. The van der Waals surface area contributed by atoms with Crippen LogP contribution in [-0.2, 0) is 19.2 Å². The van der Waals surface area contributed by atoms with Gasteiger partial charge in [0, 0.05) is 11.5 Å². The number of carbonyl (C=O) groups excluding carboxylic acids is 5. The Labute approximate surface area is 283 Å². The lowest BCUT2D eigenvalue weighted by atomic mass is 9.56. The molecule has 1 N–H and O–H groups in total. The fraction of sp³-hybridized carbons (Fsp3) is 0.265. The van der Waals surface area contributed by atoms with Crippen molar-refractivity contribution < 1.29 is 51.0 Å². The summed E-state index contributed by atoms with van der Waals surface area (Å²) in [7, 11) is 0. The summed E-state index contributed by atoms with van der Waals surface area (Å²) in [5.41, 5.74) is -0.945. The Morgan fingerprint density at radius 2 is 1.35 bits per heavy atom. The van der Waals surface area contributed by atoms with Crippen molar-refractivity contribution in [2.24, 2.45) is 17.8 Å². The van der Waals surface area contributed by atoms with E-state index < -0.39 is 98.2 Å². The molecule has 0 spiro atoms. The molecular formula is C34H21Cl2F5N2O6. The molecule has 2 heterocycles. The number of benzene rings is 3. The SMILES string of the molecule is CC(=O)c1ccc(N2C(=O)C3CC=C4C(CC5(Cl)C(=O)N(c6c(F)c(F)c(F)c(F)c6F)C(=O)C5(Cl)C4c4ccc(O)cc4)C3C2=O)cc1. The van der Waals surface area contributed by atoms with Crippen LogP contribution in [0.3, 0.4) is 0 Å². The number of amides is 4. The van der Waals surface area contributed by atoms with E-state index >= 15 is 8.78 Å². The predicted molar refractivity (Wildman–Crippen MR) is 163 cm³/mol. The Kier molecular flexibility index (Phi) is 7.35. The molecular weight excluding hydrogens is 698 g/mol. The normalized spacial score (nSPS) is 29.2. The van der Waals surface area contributed by atoms with Gasteiger partial charge >= 0.3 is 0 Å². The highest BCUT2D eigenvalue weighted by Gasteiger charge is 2.77. The fourth-order valence-electron chi connectivity index (χ4n) is 7.71. The predicted octanol–water partition coefficient (Wildman–Crippen LogP) is 6.06. The zero-order valence-electron chi connectivity index (χ0n) is 24.9. The Morgan fingerprint density at radius 1 is 0.776 bits per heavy atom. The zero-order valence-corrected chi connectivity index (χ0v) is 26.5. The number of nitrogens with zero attached hydrogens (tertiary/aromatic N) is 2. The van der Waals surface area contributed by atoms with Crippen molar-refractivity contribution in [1.82, 2.24) is 0 Å². The summed E-state index contributed by atoms with van der Waals surface area (Å²) in [6.07, 6.45) is 0.881. The highest BCUT2D eigenvalue weighted by molar-refractivity contribution is 6.58. The lowest BCUT2D eigenvalue weighted by Gasteiger charge is -2.50. The Bertz CT molecular complexity index is 2050. The largest absolute Gasteiger partial charge is 0.508 e. The van der Waals surface area contributed by atoms with E-state index in [0.717, 1.165) is 4.90 Å². The van der Waals surface area contributed by atoms with E-state index in [-0.39, 0.29) is 39.7 Å². The molecule has 3 aromatic carbocycles. The number of halogens is 7. The van der Waals surface area contributed by atoms with Crippen molar-refractivity contribution in [2.75, 3.05) is 9.80 Å². The van der Waals surface area contributed by atoms with Gasteiger partial charge in [0.05, 0.1) is 17.5 Å². The van der Waals surface area contributed by atoms with Gasteiger partial charge in [-0.1, -0.05) is 23.8 Å². The molecule has 4 aliphatic rings. The summed E-state index contributed by atoms with van der Waals surface area (Å²) in [5.74, 6) is -21.9. The smallest absolute Gasteiger partial charge is 0.258 e. The van der Waals surface area contributed by atoms with Crippen molar-refractivity contribution in [3.8, 4) is 5.75 Å². The number of aromatic hydroxyl groups is 1. The first-order valence-electron chi connectivity index (χ1n) is 14.8. The molecule has 252 valence electrons. The molecule has 8 nitrogen and oxygen atoms in total. The lowest BCUT2D eigenvalue weighted by Crippen LogP contribution is -2.60. The van der Waals surface area contributed by atoms with Gasteiger partial charge in [-0.05, 0) is 67.6 Å². The molecule has 4 amide bonds. The average Bonchev–Trinajstić information content (AvgIpc) is 3.41. The van der Waals surface area contributed by atoms with Crippen molar-refractivity contribution in [3.05, 3.63) is 100 Å². The molecule has 0 bridgehead atoms. The number of rotatable bonds is 4. The Morgan fingerprint density at radius 3 is 1.92 bits per heavy atom. The van der Waals surface area contributed by atoms with Crippen LogP contribution >= 0.6 is 23.2 Å². The van der Waals surface area contributed by atoms with E-state index in [4.69, 9.17) is 23.2 Å². The van der Waals surface area contributed by atoms with Crippen molar-refractivity contribution >= 4 is 64.0 Å². The first-order valence-corrected chi connectivity index (χ1v) is 15.6. The number of carbonyl (C=O) groups is 5. The number of Topliss-reactive ketones (excluding diaryl/α,β-unsaturated/α-hetero) is 1. The maximum atomic E-state index is 15.1. The summed E-state index contributed by atoms with van der Waals surface area (Å²) in [6.45, 7) is 1.34. The van der Waals surface area contributed by atoms with Gasteiger partial charge in [0.25, 0.3) is 11.8 Å². The van der Waals surface area contributed by atoms with Crippen molar-refractivity contribution in [2.45, 2.75) is 35.4 Å². The maximum absolute atomic E-state index is 15.1. The Balaban J connectivity index is 1.39. The number of imide groups is 2. The molecule has 2 aliphatic carbocycles. The summed E-state index contributed by atoms with van der Waals surface area (Å²) < 4.78 is 73.0. The molecule has 0 radical (unpaired) electrons. The van der Waals surface area contributed by atoms with Gasteiger partial charge in [-0.25, -0.2) is 26.9 Å². The minimum Gasteiger partial charge on any atom is -0.508 e. The number of fused-ring (bicyclic) bond motifs is 4. The van der Waals surface area contributed by atoms with E-state index in [1.807, 2.05) is 0 Å². The maximum Gasteiger partial charge on any atom is 0.258 e. The number of hydrogen-bond donors (Lipinski definition) is 1. The summed E-state index contributed by atoms with van der Waals surface area (Å²) in [4.78, 5) is 63.5. The van der Waals surface area contributed by atoms with Crippen LogP contribution in [0.25, 0.3) is 0 Å². The summed E-state index contributed by atoms with van der Waals surface area (Å²) in [6, 6.07) is 10.8. The molecule has 2 saturated heterocycles. The van der Waals surface area contributed by atoms with Gasteiger partial charge in [0.2, 0.25) is 17.6 Å². The van der Waals surface area contributed by atoms with E-state index in [2.05, 4.69) is 0 Å². The fourth-order valence-corrected chi connectivity index (χ4v) is 8.64. The third-order valence-electron chi connectivity index (χ3n) is 9.98. The molecule has 0 aromatic heterocycles. The molecule has 6 unspecified atom stereocenters. The van der Waals surface area contributed by atoms with E-state index in [1.165, 1.54) is 55.5 Å². The van der Waals surface area contributed by atoms with Crippen molar-refractivity contribution in [3.63, 3.8) is 0 Å². The number of ketones is 1.